The minimum Gasteiger partial charge on any atom is -0.508 e. The molecular formula is C13H16O4. The van der Waals surface area contributed by atoms with Gasteiger partial charge in [0.2, 0.25) is 0 Å². The molecule has 17 heavy (non-hydrogen) atoms. The Morgan fingerprint density at radius 3 is 2.94 bits per heavy atom. The first-order chi connectivity index (χ1) is 8.24. The van der Waals surface area contributed by atoms with Gasteiger partial charge in [-0.1, -0.05) is 6.92 Å². The summed E-state index contributed by atoms with van der Waals surface area (Å²) in [4.78, 5) is 10.6. The second-order valence-corrected chi connectivity index (χ2v) is 4.18. The summed E-state index contributed by atoms with van der Waals surface area (Å²) in [6, 6.07) is 3.29. The zero-order valence-corrected chi connectivity index (χ0v) is 9.81. The van der Waals surface area contributed by atoms with Crippen molar-refractivity contribution in [2.24, 2.45) is 0 Å². The number of hydrogen-bond acceptors (Lipinski definition) is 4. The van der Waals surface area contributed by atoms with Gasteiger partial charge in [-0.05, 0) is 18.1 Å². The van der Waals surface area contributed by atoms with E-state index in [2.05, 4.69) is 0 Å². The highest BCUT2D eigenvalue weighted by Gasteiger charge is 2.22. The van der Waals surface area contributed by atoms with Crippen LogP contribution in [0.2, 0.25) is 0 Å². The summed E-state index contributed by atoms with van der Waals surface area (Å²) in [7, 11) is 0. The Labute approximate surface area is 100 Å². The zero-order chi connectivity index (χ0) is 12.3. The van der Waals surface area contributed by atoms with Crippen LogP contribution in [-0.4, -0.2) is 24.6 Å². The largest absolute Gasteiger partial charge is 0.508 e. The minimum atomic E-state index is -0.0795. The van der Waals surface area contributed by atoms with Gasteiger partial charge in [0, 0.05) is 18.4 Å². The average Bonchev–Trinajstić information content (AvgIpc) is 2.54. The molecule has 0 saturated heterocycles. The topological polar surface area (TPSA) is 55.8 Å². The Bertz CT molecular complexity index is 414. The van der Waals surface area contributed by atoms with E-state index in [1.54, 1.807) is 12.1 Å². The molecule has 0 bridgehead atoms. The summed E-state index contributed by atoms with van der Waals surface area (Å²) in [5.74, 6) is 1.30. The molecule has 1 aromatic rings. The van der Waals surface area contributed by atoms with Gasteiger partial charge >= 0.3 is 0 Å². The molecule has 1 aliphatic heterocycles. The van der Waals surface area contributed by atoms with E-state index in [0.29, 0.717) is 36.7 Å². The quantitative estimate of drug-likeness (QED) is 0.818. The van der Waals surface area contributed by atoms with Crippen molar-refractivity contribution in [1.82, 2.24) is 0 Å². The summed E-state index contributed by atoms with van der Waals surface area (Å²) >= 11 is 0. The van der Waals surface area contributed by atoms with Crippen molar-refractivity contribution in [3.8, 4) is 17.2 Å². The fourth-order valence-corrected chi connectivity index (χ4v) is 1.99. The Hall–Kier alpha value is -1.71. The van der Waals surface area contributed by atoms with Crippen molar-refractivity contribution in [2.45, 2.75) is 25.7 Å². The van der Waals surface area contributed by atoms with Crippen LogP contribution < -0.4 is 9.47 Å². The van der Waals surface area contributed by atoms with E-state index in [-0.39, 0.29) is 11.7 Å². The third-order valence-corrected chi connectivity index (χ3v) is 2.87. The number of ether oxygens (including phenoxy) is 2. The number of benzene rings is 1. The van der Waals surface area contributed by atoms with E-state index >= 15 is 0 Å². The van der Waals surface area contributed by atoms with Gasteiger partial charge < -0.3 is 19.4 Å². The first-order valence-corrected chi connectivity index (χ1v) is 5.79. The lowest BCUT2D eigenvalue weighted by Crippen LogP contribution is -2.02. The predicted octanol–water partition coefficient (Wildman–Crippen LogP) is 2.25. The van der Waals surface area contributed by atoms with Crippen LogP contribution in [0.15, 0.2) is 12.1 Å². The lowest BCUT2D eigenvalue weighted by Gasteiger charge is -2.17. The van der Waals surface area contributed by atoms with E-state index in [1.165, 1.54) is 0 Å². The SMILES string of the molecule is CC(CC=O)c1c(O)ccc2c1OCCCO2. The normalized spacial score (nSPS) is 16.1. The molecule has 0 fully saturated rings. The molecular weight excluding hydrogens is 220 g/mol. The molecule has 4 nitrogen and oxygen atoms in total. The van der Waals surface area contributed by atoms with Crippen LogP contribution in [0.4, 0.5) is 0 Å². The number of carbonyl (C=O) groups excluding carboxylic acids is 1. The van der Waals surface area contributed by atoms with Gasteiger partial charge in [-0.2, -0.15) is 0 Å². The minimum absolute atomic E-state index is 0.0795. The molecule has 4 heteroatoms. The van der Waals surface area contributed by atoms with Crippen LogP contribution in [0.3, 0.4) is 0 Å². The fourth-order valence-electron chi connectivity index (χ4n) is 1.99. The molecule has 0 aromatic heterocycles. The monoisotopic (exact) mass is 236 g/mol. The zero-order valence-electron chi connectivity index (χ0n) is 9.81. The van der Waals surface area contributed by atoms with Gasteiger partial charge in [-0.15, -0.1) is 0 Å². The predicted molar refractivity (Wildman–Crippen MR) is 62.8 cm³/mol. The number of aldehydes is 1. The number of aromatic hydroxyl groups is 1. The van der Waals surface area contributed by atoms with Gasteiger partial charge in [0.1, 0.15) is 12.0 Å². The van der Waals surface area contributed by atoms with Crippen LogP contribution in [0.25, 0.3) is 0 Å². The smallest absolute Gasteiger partial charge is 0.168 e. The third-order valence-electron chi connectivity index (χ3n) is 2.87. The van der Waals surface area contributed by atoms with Gasteiger partial charge in [-0.25, -0.2) is 0 Å². The van der Waals surface area contributed by atoms with Gasteiger partial charge in [-0.3, -0.25) is 0 Å². The van der Waals surface area contributed by atoms with Crippen molar-refractivity contribution in [3.63, 3.8) is 0 Å². The van der Waals surface area contributed by atoms with Gasteiger partial charge in [0.25, 0.3) is 0 Å². The maximum Gasteiger partial charge on any atom is 0.168 e. The van der Waals surface area contributed by atoms with Crippen LogP contribution in [0.1, 0.15) is 31.2 Å². The van der Waals surface area contributed by atoms with Crippen LogP contribution in [0.5, 0.6) is 17.2 Å². The van der Waals surface area contributed by atoms with Crippen molar-refractivity contribution in [3.05, 3.63) is 17.7 Å². The third kappa shape index (κ3) is 2.35. The lowest BCUT2D eigenvalue weighted by atomic mass is 9.96. The Morgan fingerprint density at radius 1 is 1.41 bits per heavy atom. The first-order valence-electron chi connectivity index (χ1n) is 5.79. The van der Waals surface area contributed by atoms with Crippen molar-refractivity contribution in [1.29, 1.82) is 0 Å². The van der Waals surface area contributed by atoms with E-state index in [9.17, 15) is 9.90 Å². The summed E-state index contributed by atoms with van der Waals surface area (Å²) in [5, 5.41) is 9.90. The molecule has 0 radical (unpaired) electrons. The highest BCUT2D eigenvalue weighted by molar-refractivity contribution is 5.59. The molecule has 0 saturated carbocycles. The number of rotatable bonds is 3. The standard InChI is InChI=1S/C13H16O4/c1-9(5-6-14)12-10(15)3-4-11-13(12)17-8-2-7-16-11/h3-4,6,9,15H,2,5,7-8H2,1H3. The number of phenols is 1. The molecule has 0 amide bonds. The van der Waals surface area contributed by atoms with E-state index in [4.69, 9.17) is 9.47 Å². The molecule has 0 aliphatic carbocycles. The molecule has 1 atom stereocenters. The molecule has 92 valence electrons. The Morgan fingerprint density at radius 2 is 2.18 bits per heavy atom. The highest BCUT2D eigenvalue weighted by atomic mass is 16.5. The van der Waals surface area contributed by atoms with Gasteiger partial charge in [0.15, 0.2) is 11.5 Å². The number of hydrogen-bond donors (Lipinski definition) is 1. The molecule has 1 N–H and O–H groups in total. The summed E-state index contributed by atoms with van der Waals surface area (Å²) in [6.45, 7) is 3.06. The van der Waals surface area contributed by atoms with Crippen LogP contribution >= 0.6 is 0 Å². The maximum absolute atomic E-state index is 10.6. The van der Waals surface area contributed by atoms with Gasteiger partial charge in [0.05, 0.1) is 13.2 Å². The Balaban J connectivity index is 2.44. The molecule has 1 heterocycles. The summed E-state index contributed by atoms with van der Waals surface area (Å²) < 4.78 is 11.2. The van der Waals surface area contributed by atoms with E-state index in [0.717, 1.165) is 12.7 Å². The molecule has 0 spiro atoms. The average molecular weight is 236 g/mol. The summed E-state index contributed by atoms with van der Waals surface area (Å²) in [5.41, 5.74) is 0.663. The van der Waals surface area contributed by atoms with Crippen LogP contribution in [-0.2, 0) is 4.79 Å². The second-order valence-electron chi connectivity index (χ2n) is 4.18. The van der Waals surface area contributed by atoms with E-state index in [1.807, 2.05) is 6.92 Å². The maximum atomic E-state index is 10.6. The van der Waals surface area contributed by atoms with E-state index < -0.39 is 0 Å². The highest BCUT2D eigenvalue weighted by Crippen LogP contribution is 2.43. The number of fused-ring (bicyclic) bond motifs is 1. The van der Waals surface area contributed by atoms with Crippen molar-refractivity contribution >= 4 is 6.29 Å². The fraction of sp³-hybridized carbons (Fsp3) is 0.462. The molecule has 2 rings (SSSR count). The van der Waals surface area contributed by atoms with Crippen molar-refractivity contribution in [2.75, 3.05) is 13.2 Å². The van der Waals surface area contributed by atoms with Crippen LogP contribution in [0, 0.1) is 0 Å². The number of carbonyl (C=O) groups is 1. The molecule has 1 aromatic carbocycles. The second kappa shape index (κ2) is 5.08. The van der Waals surface area contributed by atoms with Crippen molar-refractivity contribution < 1.29 is 19.4 Å². The molecule has 1 aliphatic rings. The lowest BCUT2D eigenvalue weighted by molar-refractivity contribution is -0.108. The first kappa shape index (κ1) is 11.8. The number of phenolic OH excluding ortho intramolecular Hbond substituents is 1. The molecule has 1 unspecified atom stereocenters. The summed E-state index contributed by atoms with van der Waals surface area (Å²) in [6.07, 6.45) is 2.02. The Kier molecular flexibility index (Phi) is 3.52.